The first kappa shape index (κ1) is 12.5. The van der Waals surface area contributed by atoms with E-state index in [1.807, 2.05) is 0 Å². The van der Waals surface area contributed by atoms with E-state index in [9.17, 15) is 14.9 Å². The molecule has 1 atom stereocenters. The molecule has 1 saturated heterocycles. The van der Waals surface area contributed by atoms with E-state index in [4.69, 9.17) is 0 Å². The fourth-order valence-electron chi connectivity index (χ4n) is 2.13. The lowest BCUT2D eigenvalue weighted by Gasteiger charge is -2.11. The zero-order valence-electron chi connectivity index (χ0n) is 10.1. The fraction of sp³-hybridized carbons (Fsp3) is 0.417. The van der Waals surface area contributed by atoms with Crippen molar-refractivity contribution in [1.82, 2.24) is 10.6 Å². The van der Waals surface area contributed by atoms with Crippen LogP contribution in [0.5, 0.6) is 0 Å². The number of amides is 1. The average Bonchev–Trinajstić information content (AvgIpc) is 2.80. The number of carbonyl (C=O) groups excluding carboxylic acids is 1. The fourth-order valence-corrected chi connectivity index (χ4v) is 2.13. The van der Waals surface area contributed by atoms with E-state index in [-0.39, 0.29) is 23.2 Å². The number of hydrogen-bond acceptors (Lipinski definition) is 4. The van der Waals surface area contributed by atoms with Gasteiger partial charge in [-0.25, -0.2) is 0 Å². The summed E-state index contributed by atoms with van der Waals surface area (Å²) in [5.74, 6) is -0.376. The standard InChI is InChI=1S/C12H15N3O3/c1-8-3-2-4-10(11(8)15(17)18)12(16)14-9-5-6-13-7-9/h2-4,9,13H,5-7H2,1H3,(H,14,16)/t9-/m0/s1. The Bertz CT molecular complexity index is 481. The van der Waals surface area contributed by atoms with Crippen LogP contribution in [0.2, 0.25) is 0 Å². The number of hydrogen-bond donors (Lipinski definition) is 2. The van der Waals surface area contributed by atoms with Gasteiger partial charge in [0.15, 0.2) is 0 Å². The van der Waals surface area contributed by atoms with E-state index in [1.165, 1.54) is 6.07 Å². The lowest BCUT2D eigenvalue weighted by atomic mass is 10.1. The van der Waals surface area contributed by atoms with Crippen LogP contribution in [0.15, 0.2) is 18.2 Å². The molecule has 6 nitrogen and oxygen atoms in total. The lowest BCUT2D eigenvalue weighted by molar-refractivity contribution is -0.385. The Balaban J connectivity index is 2.24. The maximum atomic E-state index is 12.0. The van der Waals surface area contributed by atoms with Crippen LogP contribution in [0.25, 0.3) is 0 Å². The second-order valence-electron chi connectivity index (χ2n) is 4.39. The molecule has 0 saturated carbocycles. The van der Waals surface area contributed by atoms with Crippen molar-refractivity contribution in [3.05, 3.63) is 39.4 Å². The summed E-state index contributed by atoms with van der Waals surface area (Å²) in [6.07, 6.45) is 0.853. The van der Waals surface area contributed by atoms with Crippen LogP contribution in [0, 0.1) is 17.0 Å². The van der Waals surface area contributed by atoms with Crippen molar-refractivity contribution in [2.45, 2.75) is 19.4 Å². The van der Waals surface area contributed by atoms with Gasteiger partial charge in [0, 0.05) is 18.2 Å². The van der Waals surface area contributed by atoms with Gasteiger partial charge in [-0.2, -0.15) is 0 Å². The van der Waals surface area contributed by atoms with Gasteiger partial charge in [0.2, 0.25) is 0 Å². The lowest BCUT2D eigenvalue weighted by Crippen LogP contribution is -2.36. The van der Waals surface area contributed by atoms with E-state index >= 15 is 0 Å². The van der Waals surface area contributed by atoms with Crippen LogP contribution in [-0.4, -0.2) is 30.0 Å². The van der Waals surface area contributed by atoms with E-state index in [0.29, 0.717) is 12.1 Å². The molecule has 96 valence electrons. The van der Waals surface area contributed by atoms with Crippen molar-refractivity contribution in [3.8, 4) is 0 Å². The number of nitrogens with one attached hydrogen (secondary N) is 2. The number of nitro groups is 1. The van der Waals surface area contributed by atoms with E-state index in [2.05, 4.69) is 10.6 Å². The molecule has 0 unspecified atom stereocenters. The van der Waals surface area contributed by atoms with Crippen LogP contribution in [0.3, 0.4) is 0 Å². The van der Waals surface area contributed by atoms with Crippen LogP contribution < -0.4 is 10.6 Å². The summed E-state index contributed by atoms with van der Waals surface area (Å²) in [6.45, 7) is 3.21. The van der Waals surface area contributed by atoms with Gasteiger partial charge in [0.25, 0.3) is 11.6 Å². The van der Waals surface area contributed by atoms with Crippen molar-refractivity contribution >= 4 is 11.6 Å². The number of benzene rings is 1. The van der Waals surface area contributed by atoms with E-state index in [1.54, 1.807) is 19.1 Å². The molecule has 1 aliphatic rings. The number of para-hydroxylation sites is 1. The van der Waals surface area contributed by atoms with Crippen LogP contribution in [0.4, 0.5) is 5.69 Å². The van der Waals surface area contributed by atoms with Crippen LogP contribution >= 0.6 is 0 Å². The summed E-state index contributed by atoms with van der Waals surface area (Å²) in [5, 5.41) is 16.9. The number of rotatable bonds is 3. The third-order valence-corrected chi connectivity index (χ3v) is 3.06. The third-order valence-electron chi connectivity index (χ3n) is 3.06. The molecular formula is C12H15N3O3. The first-order chi connectivity index (χ1) is 8.59. The molecule has 2 N–H and O–H groups in total. The smallest absolute Gasteiger partial charge is 0.285 e. The number of carbonyl (C=O) groups is 1. The zero-order chi connectivity index (χ0) is 13.1. The molecule has 1 amide bonds. The summed E-state index contributed by atoms with van der Waals surface area (Å²) in [5.41, 5.74) is 0.519. The Hall–Kier alpha value is -1.95. The predicted molar refractivity (Wildman–Crippen MR) is 66.6 cm³/mol. The summed E-state index contributed by atoms with van der Waals surface area (Å²) in [4.78, 5) is 22.5. The number of nitrogens with zero attached hydrogens (tertiary/aromatic N) is 1. The van der Waals surface area contributed by atoms with Gasteiger partial charge in [-0.15, -0.1) is 0 Å². The monoisotopic (exact) mass is 249 g/mol. The van der Waals surface area contributed by atoms with Crippen LogP contribution in [-0.2, 0) is 0 Å². The molecule has 6 heteroatoms. The van der Waals surface area contributed by atoms with Crippen molar-refractivity contribution in [2.24, 2.45) is 0 Å². The highest BCUT2D eigenvalue weighted by Crippen LogP contribution is 2.23. The van der Waals surface area contributed by atoms with E-state index < -0.39 is 4.92 Å². The highest BCUT2D eigenvalue weighted by Gasteiger charge is 2.25. The Kier molecular flexibility index (Phi) is 3.57. The van der Waals surface area contributed by atoms with Gasteiger partial charge in [0.05, 0.1) is 4.92 Å². The number of aryl methyl sites for hydroxylation is 1. The molecule has 0 bridgehead atoms. The van der Waals surface area contributed by atoms with Gasteiger partial charge in [-0.3, -0.25) is 14.9 Å². The molecule has 1 aromatic rings. The molecule has 1 heterocycles. The van der Waals surface area contributed by atoms with Crippen molar-refractivity contribution in [2.75, 3.05) is 13.1 Å². The van der Waals surface area contributed by atoms with Crippen molar-refractivity contribution in [3.63, 3.8) is 0 Å². The average molecular weight is 249 g/mol. The molecule has 0 aliphatic carbocycles. The molecule has 0 radical (unpaired) electrons. The Morgan fingerprint density at radius 1 is 1.56 bits per heavy atom. The predicted octanol–water partition coefficient (Wildman–Crippen LogP) is 0.995. The van der Waals surface area contributed by atoms with Gasteiger partial charge in [-0.05, 0) is 26.0 Å². The van der Waals surface area contributed by atoms with E-state index in [0.717, 1.165) is 13.0 Å². The SMILES string of the molecule is Cc1cccc(C(=O)N[C@H]2CCNC2)c1[N+](=O)[O-]. The third kappa shape index (κ3) is 2.48. The second kappa shape index (κ2) is 5.14. The quantitative estimate of drug-likeness (QED) is 0.618. The molecule has 1 aromatic carbocycles. The molecule has 0 spiro atoms. The van der Waals surface area contributed by atoms with Crippen molar-refractivity contribution in [1.29, 1.82) is 0 Å². The van der Waals surface area contributed by atoms with Gasteiger partial charge in [-0.1, -0.05) is 12.1 Å². The maximum absolute atomic E-state index is 12.0. The minimum atomic E-state index is -0.503. The zero-order valence-corrected chi connectivity index (χ0v) is 10.1. The Labute approximate surface area is 105 Å². The highest BCUT2D eigenvalue weighted by atomic mass is 16.6. The molecule has 1 aliphatic heterocycles. The first-order valence-corrected chi connectivity index (χ1v) is 5.85. The Morgan fingerprint density at radius 2 is 2.33 bits per heavy atom. The molecule has 18 heavy (non-hydrogen) atoms. The molecule has 0 aromatic heterocycles. The van der Waals surface area contributed by atoms with Crippen molar-refractivity contribution < 1.29 is 9.72 Å². The molecular weight excluding hydrogens is 234 g/mol. The summed E-state index contributed by atoms with van der Waals surface area (Å²) < 4.78 is 0. The molecule has 2 rings (SSSR count). The second-order valence-corrected chi connectivity index (χ2v) is 4.39. The molecule has 1 fully saturated rings. The summed E-state index contributed by atoms with van der Waals surface area (Å²) >= 11 is 0. The maximum Gasteiger partial charge on any atom is 0.285 e. The Morgan fingerprint density at radius 3 is 2.94 bits per heavy atom. The topological polar surface area (TPSA) is 84.3 Å². The van der Waals surface area contributed by atoms with Gasteiger partial charge < -0.3 is 10.6 Å². The van der Waals surface area contributed by atoms with Gasteiger partial charge in [0.1, 0.15) is 5.56 Å². The highest BCUT2D eigenvalue weighted by molar-refractivity contribution is 5.98. The first-order valence-electron chi connectivity index (χ1n) is 5.85. The summed E-state index contributed by atoms with van der Waals surface area (Å²) in [7, 11) is 0. The number of nitro benzene ring substituents is 1. The largest absolute Gasteiger partial charge is 0.348 e. The van der Waals surface area contributed by atoms with Gasteiger partial charge >= 0.3 is 0 Å². The summed E-state index contributed by atoms with van der Waals surface area (Å²) in [6, 6.07) is 4.83. The van der Waals surface area contributed by atoms with Crippen LogP contribution in [0.1, 0.15) is 22.3 Å². The minimum Gasteiger partial charge on any atom is -0.348 e. The normalized spacial score (nSPS) is 18.6. The minimum absolute atomic E-state index is 0.0533.